The highest BCUT2D eigenvalue weighted by Gasteiger charge is 2.10. The van der Waals surface area contributed by atoms with Crippen molar-refractivity contribution in [3.05, 3.63) is 101 Å². The maximum absolute atomic E-state index is 12.4. The van der Waals surface area contributed by atoms with E-state index in [-0.39, 0.29) is 5.91 Å². The van der Waals surface area contributed by atoms with E-state index in [1.165, 1.54) is 5.56 Å². The molecule has 0 aliphatic heterocycles. The van der Waals surface area contributed by atoms with E-state index in [0.29, 0.717) is 6.42 Å². The third kappa shape index (κ3) is 4.03. The fourth-order valence-electron chi connectivity index (χ4n) is 3.84. The van der Waals surface area contributed by atoms with Gasteiger partial charge in [0.05, 0.1) is 12.6 Å². The molecule has 0 bridgehead atoms. The largest absolute Gasteiger partial charge is 0.318 e. The van der Waals surface area contributed by atoms with Crippen LogP contribution >= 0.6 is 0 Å². The van der Waals surface area contributed by atoms with Crippen molar-refractivity contribution in [1.29, 1.82) is 0 Å². The average Bonchev–Trinajstić information content (AvgIpc) is 3.02. The minimum absolute atomic E-state index is 0.130. The molecule has 0 aliphatic carbocycles. The lowest BCUT2D eigenvalue weighted by molar-refractivity contribution is -0.120. The number of carbonyl (C=O) groups is 1. The molecule has 1 N–H and O–H groups in total. The van der Waals surface area contributed by atoms with Crippen LogP contribution in [-0.2, 0) is 11.2 Å². The van der Waals surface area contributed by atoms with Crippen LogP contribution in [0.15, 0.2) is 77.9 Å². The second-order valence-electron chi connectivity index (χ2n) is 7.61. The Kier molecular flexibility index (Phi) is 5.48. The molecule has 0 spiro atoms. The van der Waals surface area contributed by atoms with Gasteiger partial charge in [0.1, 0.15) is 0 Å². The van der Waals surface area contributed by atoms with Gasteiger partial charge in [-0.3, -0.25) is 4.79 Å². The number of hydrogen-bond donors (Lipinski definition) is 1. The Morgan fingerprint density at radius 2 is 1.70 bits per heavy atom. The van der Waals surface area contributed by atoms with Gasteiger partial charge in [0.2, 0.25) is 5.91 Å². The SMILES string of the molecule is Cc1ccc(-n2c(C)cc(/C=N\NC(=O)Cc3cccc4ccccc34)c2C)cc1. The maximum Gasteiger partial charge on any atom is 0.244 e. The van der Waals surface area contributed by atoms with Gasteiger partial charge in [0.15, 0.2) is 0 Å². The summed E-state index contributed by atoms with van der Waals surface area (Å²) in [5.41, 5.74) is 9.22. The van der Waals surface area contributed by atoms with Crippen LogP contribution in [0.3, 0.4) is 0 Å². The number of amides is 1. The van der Waals surface area contributed by atoms with Crippen molar-refractivity contribution in [3.63, 3.8) is 0 Å². The van der Waals surface area contributed by atoms with Crippen molar-refractivity contribution in [2.24, 2.45) is 5.10 Å². The zero-order valence-electron chi connectivity index (χ0n) is 17.5. The molecule has 0 fully saturated rings. The fourth-order valence-corrected chi connectivity index (χ4v) is 3.84. The van der Waals surface area contributed by atoms with E-state index in [4.69, 9.17) is 0 Å². The summed E-state index contributed by atoms with van der Waals surface area (Å²) in [6.07, 6.45) is 2.01. The van der Waals surface area contributed by atoms with E-state index >= 15 is 0 Å². The normalized spacial score (nSPS) is 11.3. The van der Waals surface area contributed by atoms with Crippen molar-refractivity contribution < 1.29 is 4.79 Å². The van der Waals surface area contributed by atoms with Gasteiger partial charge in [-0.1, -0.05) is 60.2 Å². The number of nitrogens with zero attached hydrogens (tertiary/aromatic N) is 2. The van der Waals surface area contributed by atoms with Crippen LogP contribution < -0.4 is 5.43 Å². The highest BCUT2D eigenvalue weighted by Crippen LogP contribution is 2.21. The molecule has 3 aromatic carbocycles. The van der Waals surface area contributed by atoms with Crippen molar-refractivity contribution in [3.8, 4) is 5.69 Å². The van der Waals surface area contributed by atoms with Gasteiger partial charge < -0.3 is 4.57 Å². The molecule has 0 radical (unpaired) electrons. The van der Waals surface area contributed by atoms with Crippen molar-refractivity contribution in [2.45, 2.75) is 27.2 Å². The molecule has 4 heteroatoms. The van der Waals surface area contributed by atoms with Crippen LogP contribution in [0.2, 0.25) is 0 Å². The standard InChI is InChI=1S/C26H25N3O/c1-18-11-13-24(14-12-18)29-19(2)15-23(20(29)3)17-27-28-26(30)16-22-9-6-8-21-7-4-5-10-25(21)22/h4-15,17H,16H2,1-3H3,(H,28,30)/b27-17-. The second-order valence-corrected chi connectivity index (χ2v) is 7.61. The van der Waals surface area contributed by atoms with Gasteiger partial charge in [-0.05, 0) is 55.3 Å². The zero-order valence-corrected chi connectivity index (χ0v) is 17.5. The average molecular weight is 396 g/mol. The smallest absolute Gasteiger partial charge is 0.244 e. The van der Waals surface area contributed by atoms with E-state index < -0.39 is 0 Å². The summed E-state index contributed by atoms with van der Waals surface area (Å²) in [5, 5.41) is 6.44. The number of hydrazone groups is 1. The predicted molar refractivity (Wildman–Crippen MR) is 123 cm³/mol. The predicted octanol–water partition coefficient (Wildman–Crippen LogP) is 5.25. The molecule has 150 valence electrons. The Bertz CT molecular complexity index is 1230. The summed E-state index contributed by atoms with van der Waals surface area (Å²) in [5.74, 6) is -0.130. The fraction of sp³-hybridized carbons (Fsp3) is 0.154. The first-order valence-electron chi connectivity index (χ1n) is 10.1. The Hall–Kier alpha value is -3.66. The molecule has 30 heavy (non-hydrogen) atoms. The van der Waals surface area contributed by atoms with Crippen LogP contribution in [0, 0.1) is 20.8 Å². The zero-order chi connectivity index (χ0) is 21.1. The van der Waals surface area contributed by atoms with Gasteiger partial charge >= 0.3 is 0 Å². The first kappa shape index (κ1) is 19.6. The molecule has 1 aromatic heterocycles. The topological polar surface area (TPSA) is 46.4 Å². The molecule has 4 nitrogen and oxygen atoms in total. The molecule has 0 atom stereocenters. The third-order valence-electron chi connectivity index (χ3n) is 5.39. The van der Waals surface area contributed by atoms with E-state index in [1.807, 2.05) is 30.3 Å². The van der Waals surface area contributed by atoms with Crippen LogP contribution in [-0.4, -0.2) is 16.7 Å². The molecule has 4 aromatic rings. The van der Waals surface area contributed by atoms with E-state index in [0.717, 1.165) is 39.0 Å². The Balaban J connectivity index is 1.47. The summed E-state index contributed by atoms with van der Waals surface area (Å²) in [6.45, 7) is 6.22. The van der Waals surface area contributed by atoms with Crippen LogP contribution in [0.4, 0.5) is 0 Å². The number of aryl methyl sites for hydroxylation is 2. The van der Waals surface area contributed by atoms with Crippen LogP contribution in [0.25, 0.3) is 16.5 Å². The quantitative estimate of drug-likeness (QED) is 0.364. The molecule has 1 heterocycles. The first-order valence-corrected chi connectivity index (χ1v) is 10.1. The monoisotopic (exact) mass is 395 g/mol. The number of hydrogen-bond acceptors (Lipinski definition) is 2. The Labute approximate surface area is 176 Å². The molecule has 0 saturated heterocycles. The lowest BCUT2D eigenvalue weighted by atomic mass is 10.0. The maximum atomic E-state index is 12.4. The van der Waals surface area contributed by atoms with Gasteiger partial charge in [-0.15, -0.1) is 0 Å². The van der Waals surface area contributed by atoms with Gasteiger partial charge in [-0.25, -0.2) is 5.43 Å². The highest BCUT2D eigenvalue weighted by atomic mass is 16.2. The summed E-state index contributed by atoms with van der Waals surface area (Å²) < 4.78 is 2.19. The lowest BCUT2D eigenvalue weighted by Gasteiger charge is -2.09. The Morgan fingerprint density at radius 1 is 0.967 bits per heavy atom. The minimum atomic E-state index is -0.130. The van der Waals surface area contributed by atoms with Crippen LogP contribution in [0.1, 0.15) is 28.1 Å². The van der Waals surface area contributed by atoms with Gasteiger partial charge in [0.25, 0.3) is 0 Å². The summed E-state index contributed by atoms with van der Waals surface area (Å²) in [7, 11) is 0. The van der Waals surface area contributed by atoms with Gasteiger partial charge in [-0.2, -0.15) is 5.10 Å². The third-order valence-corrected chi connectivity index (χ3v) is 5.39. The number of fused-ring (bicyclic) bond motifs is 1. The van der Waals surface area contributed by atoms with Crippen molar-refractivity contribution in [2.75, 3.05) is 0 Å². The molecular formula is C26H25N3O. The van der Waals surface area contributed by atoms with Crippen molar-refractivity contribution in [1.82, 2.24) is 9.99 Å². The first-order chi connectivity index (χ1) is 14.5. The summed E-state index contributed by atoms with van der Waals surface area (Å²) in [6, 6.07) is 24.6. The van der Waals surface area contributed by atoms with E-state index in [1.54, 1.807) is 6.21 Å². The second kappa shape index (κ2) is 8.37. The van der Waals surface area contributed by atoms with Crippen molar-refractivity contribution >= 4 is 22.9 Å². The number of rotatable bonds is 5. The van der Waals surface area contributed by atoms with Crippen LogP contribution in [0.5, 0.6) is 0 Å². The molecule has 1 amide bonds. The van der Waals surface area contributed by atoms with E-state index in [9.17, 15) is 4.79 Å². The number of aromatic nitrogens is 1. The Morgan fingerprint density at radius 3 is 2.50 bits per heavy atom. The minimum Gasteiger partial charge on any atom is -0.318 e. The molecule has 4 rings (SSSR count). The number of carbonyl (C=O) groups excluding carboxylic acids is 1. The highest BCUT2D eigenvalue weighted by molar-refractivity contribution is 5.90. The summed E-state index contributed by atoms with van der Waals surface area (Å²) >= 11 is 0. The lowest BCUT2D eigenvalue weighted by Crippen LogP contribution is -2.19. The molecule has 0 aliphatic rings. The molecular weight excluding hydrogens is 370 g/mol. The molecule has 0 saturated carbocycles. The molecule has 0 unspecified atom stereocenters. The number of nitrogens with one attached hydrogen (secondary N) is 1. The number of benzene rings is 3. The van der Waals surface area contributed by atoms with E-state index in [2.05, 4.69) is 78.3 Å². The summed E-state index contributed by atoms with van der Waals surface area (Å²) in [4.78, 5) is 12.4. The van der Waals surface area contributed by atoms with Gasteiger partial charge in [0, 0.05) is 22.6 Å².